The Morgan fingerprint density at radius 2 is 2.11 bits per heavy atom. The average Bonchev–Trinajstić information content (AvgIpc) is 2.92. The Balaban J connectivity index is 1.89. The molecule has 3 N–H and O–H groups in total. The third kappa shape index (κ3) is 2.75. The van der Waals surface area contributed by atoms with Crippen LogP contribution in [0.2, 0.25) is 0 Å². The van der Waals surface area contributed by atoms with E-state index in [1.54, 1.807) is 4.90 Å². The normalized spacial score (nSPS) is 19.0. The van der Waals surface area contributed by atoms with Crippen LogP contribution in [0.25, 0.3) is 16.5 Å². The van der Waals surface area contributed by atoms with E-state index in [4.69, 9.17) is 5.73 Å². The summed E-state index contributed by atoms with van der Waals surface area (Å²) in [5.41, 5.74) is 14.9. The first-order valence-corrected chi connectivity index (χ1v) is 10.3. The van der Waals surface area contributed by atoms with E-state index in [1.165, 1.54) is 11.1 Å². The van der Waals surface area contributed by atoms with Gasteiger partial charge in [-0.3, -0.25) is 4.90 Å². The van der Waals surface area contributed by atoms with Gasteiger partial charge in [-0.1, -0.05) is 6.08 Å². The van der Waals surface area contributed by atoms with Crippen molar-refractivity contribution in [2.75, 3.05) is 37.8 Å². The molecule has 1 aromatic heterocycles. The summed E-state index contributed by atoms with van der Waals surface area (Å²) < 4.78 is 2.77. The molecule has 4 rings (SSSR count). The molecule has 1 aliphatic carbocycles. The van der Waals surface area contributed by atoms with E-state index < -0.39 is 0 Å². The lowest BCUT2D eigenvalue weighted by Gasteiger charge is -2.37. The predicted molar refractivity (Wildman–Crippen MR) is 114 cm³/mol. The van der Waals surface area contributed by atoms with Crippen LogP contribution in [0.4, 0.5) is 10.5 Å². The van der Waals surface area contributed by atoms with Crippen molar-refractivity contribution in [2.24, 2.45) is 0 Å². The highest BCUT2D eigenvalue weighted by atomic mass is 79.9. The molecular formula is C20H26BrN5O. The molecule has 2 heterocycles. The fraction of sp³-hybridized carbons (Fsp3) is 0.450. The van der Waals surface area contributed by atoms with E-state index in [-0.39, 0.29) is 6.03 Å². The highest BCUT2D eigenvalue weighted by Gasteiger charge is 2.35. The van der Waals surface area contributed by atoms with Gasteiger partial charge in [-0.05, 0) is 72.9 Å². The first-order valence-electron chi connectivity index (χ1n) is 9.55. The van der Waals surface area contributed by atoms with E-state index in [0.29, 0.717) is 19.1 Å². The Hall–Kier alpha value is -1.99. The zero-order chi connectivity index (χ0) is 19.3. The zero-order valence-corrected chi connectivity index (χ0v) is 17.6. The number of amides is 2. The van der Waals surface area contributed by atoms with Gasteiger partial charge in [0.1, 0.15) is 4.60 Å². The standard InChI is InChI=1S/C20H26BrN5O/c1-4-25(5-2)20(27)23-26-15-9-8-14(22)17-12-7-6-10-24(3)16(12)11-13(18(15)17)19(26)21/h7-9,16H,4-6,10-11,22H2,1-3H3,(H,23,27)/t16-/m1/s1. The lowest BCUT2D eigenvalue weighted by molar-refractivity contribution is 0.214. The molecule has 0 unspecified atom stereocenters. The number of fused-ring (bicyclic) bond motifs is 2. The van der Waals surface area contributed by atoms with Crippen LogP contribution >= 0.6 is 15.9 Å². The number of carbonyl (C=O) groups is 1. The molecule has 0 spiro atoms. The Bertz CT molecular complexity index is 944. The summed E-state index contributed by atoms with van der Waals surface area (Å²) in [6, 6.07) is 4.17. The Labute approximate surface area is 168 Å². The lowest BCUT2D eigenvalue weighted by Crippen LogP contribution is -2.39. The number of nitrogens with one attached hydrogen (secondary N) is 1. The zero-order valence-electron chi connectivity index (χ0n) is 16.1. The van der Waals surface area contributed by atoms with Crippen LogP contribution in [0.3, 0.4) is 0 Å². The van der Waals surface area contributed by atoms with E-state index in [1.807, 2.05) is 30.7 Å². The second-order valence-electron chi connectivity index (χ2n) is 7.27. The van der Waals surface area contributed by atoms with Gasteiger partial charge in [0.25, 0.3) is 0 Å². The number of benzene rings is 1. The Morgan fingerprint density at radius 1 is 1.37 bits per heavy atom. The fourth-order valence-electron chi connectivity index (χ4n) is 4.41. The summed E-state index contributed by atoms with van der Waals surface area (Å²) in [6.45, 7) is 6.36. The summed E-state index contributed by atoms with van der Waals surface area (Å²) in [6.07, 6.45) is 4.27. The van der Waals surface area contributed by atoms with Crippen LogP contribution in [0.1, 0.15) is 31.4 Å². The van der Waals surface area contributed by atoms with Crippen molar-refractivity contribution < 1.29 is 4.79 Å². The molecule has 27 heavy (non-hydrogen) atoms. The lowest BCUT2D eigenvalue weighted by atomic mass is 9.81. The minimum Gasteiger partial charge on any atom is -0.398 e. The molecule has 0 fully saturated rings. The van der Waals surface area contributed by atoms with Crippen LogP contribution in [0.5, 0.6) is 0 Å². The summed E-state index contributed by atoms with van der Waals surface area (Å²) >= 11 is 3.76. The summed E-state index contributed by atoms with van der Waals surface area (Å²) in [4.78, 5) is 16.8. The smallest absolute Gasteiger partial charge is 0.336 e. The van der Waals surface area contributed by atoms with E-state index in [9.17, 15) is 4.79 Å². The Morgan fingerprint density at radius 3 is 2.81 bits per heavy atom. The van der Waals surface area contributed by atoms with E-state index >= 15 is 0 Å². The molecule has 1 aliphatic heterocycles. The number of anilines is 1. The molecule has 0 saturated carbocycles. The molecule has 2 amide bonds. The number of nitrogens with two attached hydrogens (primary N) is 1. The molecule has 1 atom stereocenters. The van der Waals surface area contributed by atoms with E-state index in [0.717, 1.165) is 46.1 Å². The minimum absolute atomic E-state index is 0.101. The monoisotopic (exact) mass is 431 g/mol. The van der Waals surface area contributed by atoms with Crippen molar-refractivity contribution in [1.82, 2.24) is 14.5 Å². The number of hydrogen-bond donors (Lipinski definition) is 2. The molecule has 6 nitrogen and oxygen atoms in total. The molecule has 144 valence electrons. The number of nitrogen functional groups attached to an aromatic ring is 1. The molecule has 7 heteroatoms. The van der Waals surface area contributed by atoms with Gasteiger partial charge >= 0.3 is 6.03 Å². The number of carbonyl (C=O) groups excluding carboxylic acids is 1. The second kappa shape index (κ2) is 6.87. The molecular weight excluding hydrogens is 406 g/mol. The predicted octanol–water partition coefficient (Wildman–Crippen LogP) is 3.63. The van der Waals surface area contributed by atoms with Gasteiger partial charge < -0.3 is 10.6 Å². The number of nitrogens with zero attached hydrogens (tertiary/aromatic N) is 3. The topological polar surface area (TPSA) is 66.5 Å². The summed E-state index contributed by atoms with van der Waals surface area (Å²) in [5, 5.41) is 1.15. The average molecular weight is 432 g/mol. The van der Waals surface area contributed by atoms with Crippen molar-refractivity contribution in [2.45, 2.75) is 32.7 Å². The van der Waals surface area contributed by atoms with Gasteiger partial charge in [0.05, 0.1) is 5.52 Å². The first kappa shape index (κ1) is 18.4. The van der Waals surface area contributed by atoms with Gasteiger partial charge in [-0.2, -0.15) is 0 Å². The largest absolute Gasteiger partial charge is 0.398 e. The number of likely N-dealkylation sites (N-methyl/N-ethyl adjacent to an activating group) is 1. The van der Waals surface area contributed by atoms with Crippen molar-refractivity contribution >= 4 is 44.1 Å². The number of rotatable bonds is 3. The van der Waals surface area contributed by atoms with Crippen LogP contribution in [-0.2, 0) is 6.42 Å². The van der Waals surface area contributed by atoms with Gasteiger partial charge in [-0.15, -0.1) is 0 Å². The third-order valence-corrected chi connectivity index (χ3v) is 6.72. The first-order chi connectivity index (χ1) is 13.0. The van der Waals surface area contributed by atoms with Gasteiger partial charge in [0.2, 0.25) is 0 Å². The van der Waals surface area contributed by atoms with Crippen molar-refractivity contribution in [3.63, 3.8) is 0 Å². The van der Waals surface area contributed by atoms with Crippen LogP contribution in [-0.4, -0.2) is 53.2 Å². The van der Waals surface area contributed by atoms with Crippen molar-refractivity contribution in [1.29, 1.82) is 0 Å². The van der Waals surface area contributed by atoms with Gasteiger partial charge in [-0.25, -0.2) is 14.9 Å². The number of aromatic nitrogens is 1. The molecule has 0 saturated heterocycles. The summed E-state index contributed by atoms with van der Waals surface area (Å²) in [7, 11) is 2.17. The summed E-state index contributed by atoms with van der Waals surface area (Å²) in [5.74, 6) is 0. The van der Waals surface area contributed by atoms with Crippen LogP contribution < -0.4 is 11.2 Å². The SMILES string of the molecule is CCN(CC)C(=O)Nn1c(Br)c2c3c(c(N)ccc31)C1=CCCN(C)[C@@H]1C2. The van der Waals surface area contributed by atoms with Crippen molar-refractivity contribution in [3.8, 4) is 0 Å². The third-order valence-electron chi connectivity index (χ3n) is 5.88. The molecule has 2 aromatic rings. The Kier molecular flexibility index (Phi) is 4.68. The maximum Gasteiger partial charge on any atom is 0.336 e. The maximum absolute atomic E-state index is 12.7. The van der Waals surface area contributed by atoms with Gasteiger partial charge in [0.15, 0.2) is 0 Å². The quantitative estimate of drug-likeness (QED) is 0.728. The molecule has 0 bridgehead atoms. The van der Waals surface area contributed by atoms with Crippen LogP contribution in [0.15, 0.2) is 22.8 Å². The molecule has 0 radical (unpaired) electrons. The van der Waals surface area contributed by atoms with Gasteiger partial charge in [0, 0.05) is 42.3 Å². The van der Waals surface area contributed by atoms with Crippen LogP contribution in [0, 0.1) is 0 Å². The molecule has 2 aliphatic rings. The van der Waals surface area contributed by atoms with E-state index in [2.05, 4.69) is 39.4 Å². The number of halogens is 1. The minimum atomic E-state index is -0.101. The molecule has 1 aromatic carbocycles. The maximum atomic E-state index is 12.7. The second-order valence-corrected chi connectivity index (χ2v) is 8.02. The van der Waals surface area contributed by atoms with Crippen molar-refractivity contribution in [3.05, 3.63) is 33.9 Å². The number of urea groups is 1. The number of hydrogen-bond acceptors (Lipinski definition) is 3. The highest BCUT2D eigenvalue weighted by Crippen LogP contribution is 2.46. The fourth-order valence-corrected chi connectivity index (χ4v) is 5.05. The highest BCUT2D eigenvalue weighted by molar-refractivity contribution is 9.10.